The summed E-state index contributed by atoms with van der Waals surface area (Å²) < 4.78 is 9.84. The molecule has 0 aliphatic rings. The maximum atomic E-state index is 11.5. The Bertz CT molecular complexity index is 437. The molecule has 1 aromatic rings. The quantitative estimate of drug-likeness (QED) is 0.584. The zero-order valence-electron chi connectivity index (χ0n) is 11.2. The van der Waals surface area contributed by atoms with Crippen LogP contribution >= 0.6 is 0 Å². The largest absolute Gasteiger partial charge is 0.466 e. The summed E-state index contributed by atoms with van der Waals surface area (Å²) in [6.07, 6.45) is 2.58. The van der Waals surface area contributed by atoms with E-state index >= 15 is 0 Å². The van der Waals surface area contributed by atoms with E-state index in [0.717, 1.165) is 5.56 Å². The van der Waals surface area contributed by atoms with Crippen molar-refractivity contribution in [2.45, 2.75) is 26.4 Å². The molecular weight excluding hydrogens is 244 g/mol. The lowest BCUT2D eigenvalue weighted by Crippen LogP contribution is -2.18. The molecule has 1 rings (SSSR count). The van der Waals surface area contributed by atoms with E-state index in [1.807, 2.05) is 30.3 Å². The fourth-order valence-electron chi connectivity index (χ4n) is 1.46. The molecule has 0 N–H and O–H groups in total. The van der Waals surface area contributed by atoms with E-state index in [1.165, 1.54) is 6.08 Å². The minimum atomic E-state index is -0.494. The minimum absolute atomic E-state index is 0.0682. The topological polar surface area (TPSA) is 52.6 Å². The van der Waals surface area contributed by atoms with Crippen molar-refractivity contribution in [3.05, 3.63) is 42.0 Å². The number of ether oxygens (including phenoxy) is 2. The van der Waals surface area contributed by atoms with Gasteiger partial charge >= 0.3 is 11.9 Å². The Morgan fingerprint density at radius 2 is 1.95 bits per heavy atom. The molecule has 0 radical (unpaired) electrons. The van der Waals surface area contributed by atoms with Crippen molar-refractivity contribution < 1.29 is 19.1 Å². The molecular formula is C15H18O4. The van der Waals surface area contributed by atoms with Crippen molar-refractivity contribution >= 4 is 18.0 Å². The number of benzene rings is 1. The van der Waals surface area contributed by atoms with Crippen LogP contribution in [0.15, 0.2) is 36.4 Å². The molecule has 0 heterocycles. The van der Waals surface area contributed by atoms with Gasteiger partial charge in [-0.1, -0.05) is 30.3 Å². The standard InChI is InChI=1S/C15H18O4/c1-3-18-15(17)11-12(2)19-14(16)10-9-13-7-5-4-6-8-13/h4-10,12H,3,11H2,1-2H3. The van der Waals surface area contributed by atoms with Crippen LogP contribution in [0.25, 0.3) is 6.08 Å². The van der Waals surface area contributed by atoms with Crippen molar-refractivity contribution in [1.29, 1.82) is 0 Å². The van der Waals surface area contributed by atoms with Gasteiger partial charge in [-0.05, 0) is 25.5 Å². The van der Waals surface area contributed by atoms with Gasteiger partial charge in [0.25, 0.3) is 0 Å². The Hall–Kier alpha value is -2.10. The number of hydrogen-bond acceptors (Lipinski definition) is 4. The number of carbonyl (C=O) groups excluding carboxylic acids is 2. The molecule has 0 aliphatic carbocycles. The third-order valence-electron chi connectivity index (χ3n) is 2.29. The molecule has 0 saturated heterocycles. The molecule has 1 unspecified atom stereocenters. The van der Waals surface area contributed by atoms with E-state index in [4.69, 9.17) is 9.47 Å². The van der Waals surface area contributed by atoms with Crippen LogP contribution in [-0.2, 0) is 19.1 Å². The van der Waals surface area contributed by atoms with Crippen molar-refractivity contribution in [2.24, 2.45) is 0 Å². The SMILES string of the molecule is CCOC(=O)CC(C)OC(=O)C=Cc1ccccc1. The van der Waals surface area contributed by atoms with Gasteiger partial charge in [-0.3, -0.25) is 4.79 Å². The van der Waals surface area contributed by atoms with Crippen molar-refractivity contribution in [2.75, 3.05) is 6.61 Å². The molecule has 0 fully saturated rings. The molecule has 0 saturated carbocycles. The molecule has 0 spiro atoms. The van der Waals surface area contributed by atoms with Crippen LogP contribution in [0.4, 0.5) is 0 Å². The highest BCUT2D eigenvalue weighted by molar-refractivity contribution is 5.87. The molecule has 0 bridgehead atoms. The predicted octanol–water partition coefficient (Wildman–Crippen LogP) is 2.58. The van der Waals surface area contributed by atoms with Crippen LogP contribution in [0.2, 0.25) is 0 Å². The Balaban J connectivity index is 2.38. The maximum absolute atomic E-state index is 11.5. The first-order chi connectivity index (χ1) is 9.11. The summed E-state index contributed by atoms with van der Waals surface area (Å²) in [5, 5.41) is 0. The number of carbonyl (C=O) groups is 2. The third-order valence-corrected chi connectivity index (χ3v) is 2.29. The predicted molar refractivity (Wildman–Crippen MR) is 72.3 cm³/mol. The summed E-state index contributed by atoms with van der Waals surface area (Å²) in [7, 11) is 0. The molecule has 19 heavy (non-hydrogen) atoms. The van der Waals surface area contributed by atoms with Crippen LogP contribution in [0.3, 0.4) is 0 Å². The maximum Gasteiger partial charge on any atom is 0.331 e. The van der Waals surface area contributed by atoms with Gasteiger partial charge in [0, 0.05) is 6.08 Å². The summed E-state index contributed by atoms with van der Waals surface area (Å²) in [5.74, 6) is -0.838. The zero-order chi connectivity index (χ0) is 14.1. The van der Waals surface area contributed by atoms with Gasteiger partial charge < -0.3 is 9.47 Å². The Labute approximate surface area is 113 Å². The van der Waals surface area contributed by atoms with Crippen LogP contribution in [-0.4, -0.2) is 24.6 Å². The van der Waals surface area contributed by atoms with Crippen LogP contribution < -0.4 is 0 Å². The molecule has 0 aliphatic heterocycles. The smallest absolute Gasteiger partial charge is 0.331 e. The van der Waals surface area contributed by atoms with Crippen molar-refractivity contribution in [3.8, 4) is 0 Å². The van der Waals surface area contributed by atoms with Gasteiger partial charge in [-0.2, -0.15) is 0 Å². The Kier molecular flexibility index (Phi) is 6.36. The van der Waals surface area contributed by atoms with Gasteiger partial charge in [-0.25, -0.2) is 4.79 Å². The number of hydrogen-bond donors (Lipinski definition) is 0. The van der Waals surface area contributed by atoms with Crippen molar-refractivity contribution in [1.82, 2.24) is 0 Å². The lowest BCUT2D eigenvalue weighted by Gasteiger charge is -2.10. The van der Waals surface area contributed by atoms with E-state index in [1.54, 1.807) is 19.9 Å². The van der Waals surface area contributed by atoms with Crippen LogP contribution in [0, 0.1) is 0 Å². The summed E-state index contributed by atoms with van der Waals surface area (Å²) in [6.45, 7) is 3.72. The lowest BCUT2D eigenvalue weighted by atomic mass is 10.2. The van der Waals surface area contributed by atoms with Gasteiger partial charge in [0.05, 0.1) is 13.0 Å². The molecule has 1 atom stereocenters. The number of rotatable bonds is 6. The highest BCUT2D eigenvalue weighted by atomic mass is 16.6. The summed E-state index contributed by atoms with van der Waals surface area (Å²) >= 11 is 0. The molecule has 4 nitrogen and oxygen atoms in total. The van der Waals surface area contributed by atoms with E-state index in [-0.39, 0.29) is 12.4 Å². The fourth-order valence-corrected chi connectivity index (χ4v) is 1.46. The third kappa shape index (κ3) is 6.41. The Morgan fingerprint density at radius 3 is 2.58 bits per heavy atom. The first-order valence-corrected chi connectivity index (χ1v) is 6.21. The second-order valence-electron chi connectivity index (χ2n) is 4.00. The highest BCUT2D eigenvalue weighted by Gasteiger charge is 2.12. The zero-order valence-corrected chi connectivity index (χ0v) is 11.2. The molecule has 102 valence electrons. The van der Waals surface area contributed by atoms with E-state index in [9.17, 15) is 9.59 Å². The van der Waals surface area contributed by atoms with Crippen LogP contribution in [0.5, 0.6) is 0 Å². The average Bonchev–Trinajstić information content (AvgIpc) is 2.37. The van der Waals surface area contributed by atoms with Gasteiger partial charge in [0.15, 0.2) is 0 Å². The van der Waals surface area contributed by atoms with Gasteiger partial charge in [-0.15, -0.1) is 0 Å². The Morgan fingerprint density at radius 1 is 1.26 bits per heavy atom. The lowest BCUT2D eigenvalue weighted by molar-refractivity contribution is -0.150. The summed E-state index contributed by atoms with van der Waals surface area (Å²) in [5.41, 5.74) is 0.914. The van der Waals surface area contributed by atoms with E-state index < -0.39 is 12.1 Å². The van der Waals surface area contributed by atoms with Gasteiger partial charge in [0.2, 0.25) is 0 Å². The first kappa shape index (κ1) is 15.0. The molecule has 1 aromatic carbocycles. The second-order valence-corrected chi connectivity index (χ2v) is 4.00. The van der Waals surface area contributed by atoms with E-state index in [2.05, 4.69) is 0 Å². The summed E-state index contributed by atoms with van der Waals surface area (Å²) in [6, 6.07) is 9.43. The highest BCUT2D eigenvalue weighted by Crippen LogP contribution is 2.04. The normalized spacial score (nSPS) is 12.1. The van der Waals surface area contributed by atoms with Gasteiger partial charge in [0.1, 0.15) is 6.10 Å². The van der Waals surface area contributed by atoms with Crippen molar-refractivity contribution in [3.63, 3.8) is 0 Å². The monoisotopic (exact) mass is 262 g/mol. The van der Waals surface area contributed by atoms with Crippen LogP contribution in [0.1, 0.15) is 25.8 Å². The van der Waals surface area contributed by atoms with E-state index in [0.29, 0.717) is 6.61 Å². The molecule has 0 amide bonds. The molecule has 0 aromatic heterocycles. The molecule has 4 heteroatoms. The second kappa shape index (κ2) is 8.08. The average molecular weight is 262 g/mol. The summed E-state index contributed by atoms with van der Waals surface area (Å²) in [4.78, 5) is 22.7. The first-order valence-electron chi connectivity index (χ1n) is 6.21. The number of esters is 2. The fraction of sp³-hybridized carbons (Fsp3) is 0.333. The minimum Gasteiger partial charge on any atom is -0.466 e.